The lowest BCUT2D eigenvalue weighted by molar-refractivity contribution is 0.293. The Bertz CT molecular complexity index is 980. The number of benzene rings is 2. The third-order valence-electron chi connectivity index (χ3n) is 4.05. The van der Waals surface area contributed by atoms with Crippen LogP contribution in [0, 0.1) is 6.92 Å². The van der Waals surface area contributed by atoms with Gasteiger partial charge in [-0.3, -0.25) is 9.55 Å². The summed E-state index contributed by atoms with van der Waals surface area (Å²) in [7, 11) is 0. The highest BCUT2D eigenvalue weighted by molar-refractivity contribution is 5.57. The summed E-state index contributed by atoms with van der Waals surface area (Å²) in [5.41, 5.74) is 3.10. The van der Waals surface area contributed by atoms with Crippen molar-refractivity contribution < 1.29 is 4.74 Å². The van der Waals surface area contributed by atoms with Gasteiger partial charge in [-0.25, -0.2) is 0 Å². The molecule has 5 nitrogen and oxygen atoms in total. The van der Waals surface area contributed by atoms with Crippen LogP contribution in [0.5, 0.6) is 5.75 Å². The van der Waals surface area contributed by atoms with Crippen LogP contribution in [0.25, 0.3) is 17.1 Å². The second-order valence-corrected chi connectivity index (χ2v) is 5.95. The normalized spacial score (nSPS) is 10.7. The molecule has 0 radical (unpaired) electrons. The van der Waals surface area contributed by atoms with Gasteiger partial charge in [0, 0.05) is 23.6 Å². The molecule has 0 fully saturated rings. The molecule has 5 heteroatoms. The zero-order valence-electron chi connectivity index (χ0n) is 14.4. The Morgan fingerprint density at radius 3 is 2.42 bits per heavy atom. The Hall–Kier alpha value is -3.47. The highest BCUT2D eigenvalue weighted by atomic mass is 16.5. The number of pyridine rings is 1. The molecule has 4 rings (SSSR count). The maximum absolute atomic E-state index is 5.89. The lowest BCUT2D eigenvalue weighted by Gasteiger charge is -2.11. The molecule has 0 aliphatic heterocycles. The number of aryl methyl sites for hydroxylation is 1. The lowest BCUT2D eigenvalue weighted by Crippen LogP contribution is -2.07. The van der Waals surface area contributed by atoms with Gasteiger partial charge in [0.05, 0.1) is 0 Å². The molecular formula is C21H18N4O. The maximum atomic E-state index is 5.89. The fourth-order valence-corrected chi connectivity index (χ4v) is 2.72. The maximum Gasteiger partial charge on any atom is 0.175 e. The number of para-hydroxylation sites is 1. The Morgan fingerprint density at radius 2 is 1.69 bits per heavy atom. The monoisotopic (exact) mass is 342 g/mol. The van der Waals surface area contributed by atoms with E-state index in [2.05, 4.69) is 46.4 Å². The van der Waals surface area contributed by atoms with Crippen LogP contribution in [-0.2, 0) is 6.61 Å². The van der Waals surface area contributed by atoms with E-state index < -0.39 is 0 Å². The first-order chi connectivity index (χ1) is 12.8. The summed E-state index contributed by atoms with van der Waals surface area (Å²) >= 11 is 0. The van der Waals surface area contributed by atoms with Crippen molar-refractivity contribution in [2.75, 3.05) is 0 Å². The number of hydrogen-bond acceptors (Lipinski definition) is 4. The van der Waals surface area contributed by atoms with Gasteiger partial charge in [-0.05, 0) is 43.3 Å². The molecule has 0 atom stereocenters. The Balaban J connectivity index is 1.74. The lowest BCUT2D eigenvalue weighted by atomic mass is 10.2. The van der Waals surface area contributed by atoms with Gasteiger partial charge in [0.1, 0.15) is 12.4 Å². The molecule has 128 valence electrons. The number of ether oxygens (including phenoxy) is 1. The van der Waals surface area contributed by atoms with Crippen molar-refractivity contribution in [3.63, 3.8) is 0 Å². The van der Waals surface area contributed by atoms with Crippen molar-refractivity contribution >= 4 is 0 Å². The molecular weight excluding hydrogens is 324 g/mol. The minimum Gasteiger partial charge on any atom is -0.486 e. The number of hydrogen-bond donors (Lipinski definition) is 0. The zero-order chi connectivity index (χ0) is 17.8. The highest BCUT2D eigenvalue weighted by Crippen LogP contribution is 2.23. The average molecular weight is 342 g/mol. The van der Waals surface area contributed by atoms with E-state index >= 15 is 0 Å². The van der Waals surface area contributed by atoms with Gasteiger partial charge >= 0.3 is 0 Å². The van der Waals surface area contributed by atoms with Crippen LogP contribution in [-0.4, -0.2) is 19.7 Å². The largest absolute Gasteiger partial charge is 0.486 e. The van der Waals surface area contributed by atoms with Gasteiger partial charge < -0.3 is 4.74 Å². The van der Waals surface area contributed by atoms with Crippen molar-refractivity contribution in [2.24, 2.45) is 0 Å². The fraction of sp³-hybridized carbons (Fsp3) is 0.0952. The van der Waals surface area contributed by atoms with E-state index in [9.17, 15) is 0 Å². The average Bonchev–Trinajstić information content (AvgIpc) is 3.12. The molecule has 26 heavy (non-hydrogen) atoms. The van der Waals surface area contributed by atoms with E-state index in [0.29, 0.717) is 6.61 Å². The predicted molar refractivity (Wildman–Crippen MR) is 100 cm³/mol. The summed E-state index contributed by atoms with van der Waals surface area (Å²) < 4.78 is 7.90. The van der Waals surface area contributed by atoms with Gasteiger partial charge in [0.2, 0.25) is 0 Å². The first-order valence-corrected chi connectivity index (χ1v) is 8.41. The molecule has 0 spiro atoms. The van der Waals surface area contributed by atoms with Crippen molar-refractivity contribution in [1.29, 1.82) is 0 Å². The third-order valence-corrected chi connectivity index (χ3v) is 4.05. The molecule has 0 saturated heterocycles. The van der Waals surface area contributed by atoms with Crippen molar-refractivity contribution in [3.05, 3.63) is 90.5 Å². The van der Waals surface area contributed by atoms with Crippen LogP contribution in [0.15, 0.2) is 79.1 Å². The van der Waals surface area contributed by atoms with Gasteiger partial charge in [-0.1, -0.05) is 35.9 Å². The van der Waals surface area contributed by atoms with Crippen LogP contribution in [0.2, 0.25) is 0 Å². The van der Waals surface area contributed by atoms with E-state index in [1.807, 2.05) is 47.0 Å². The van der Waals surface area contributed by atoms with Gasteiger partial charge in [-0.15, -0.1) is 10.2 Å². The second kappa shape index (κ2) is 7.19. The van der Waals surface area contributed by atoms with E-state index in [1.165, 1.54) is 5.56 Å². The van der Waals surface area contributed by atoms with Crippen LogP contribution in [0.3, 0.4) is 0 Å². The standard InChI is InChI=1S/C21H18N4O/c1-16-9-11-18(12-10-16)25-20(15-26-19-7-3-2-4-8-19)23-24-21(25)17-6-5-13-22-14-17/h2-14H,15H2,1H3. The molecule has 0 bridgehead atoms. The van der Waals surface area contributed by atoms with E-state index in [-0.39, 0.29) is 0 Å². The minimum absolute atomic E-state index is 0.325. The molecule has 0 aliphatic rings. The van der Waals surface area contributed by atoms with Crippen LogP contribution in [0.4, 0.5) is 0 Å². The molecule has 2 aromatic heterocycles. The Morgan fingerprint density at radius 1 is 0.885 bits per heavy atom. The molecule has 0 amide bonds. The van der Waals surface area contributed by atoms with Crippen molar-refractivity contribution in [3.8, 4) is 22.8 Å². The topological polar surface area (TPSA) is 52.8 Å². The minimum atomic E-state index is 0.325. The summed E-state index contributed by atoms with van der Waals surface area (Å²) in [6, 6.07) is 21.8. The van der Waals surface area contributed by atoms with Gasteiger partial charge in [-0.2, -0.15) is 0 Å². The first kappa shape index (κ1) is 16.0. The molecule has 2 heterocycles. The van der Waals surface area contributed by atoms with Crippen LogP contribution >= 0.6 is 0 Å². The van der Waals surface area contributed by atoms with Gasteiger partial charge in [0.15, 0.2) is 11.6 Å². The summed E-state index contributed by atoms with van der Waals surface area (Å²) in [5.74, 6) is 2.28. The fourth-order valence-electron chi connectivity index (χ4n) is 2.72. The highest BCUT2D eigenvalue weighted by Gasteiger charge is 2.16. The predicted octanol–water partition coefficient (Wildman–Crippen LogP) is 4.22. The molecule has 0 N–H and O–H groups in total. The zero-order valence-corrected chi connectivity index (χ0v) is 14.4. The summed E-state index contributed by atoms with van der Waals surface area (Å²) in [4.78, 5) is 4.20. The number of nitrogens with zero attached hydrogens (tertiary/aromatic N) is 4. The SMILES string of the molecule is Cc1ccc(-n2c(COc3ccccc3)nnc2-c2cccnc2)cc1. The van der Waals surface area contributed by atoms with Crippen LogP contribution in [0.1, 0.15) is 11.4 Å². The first-order valence-electron chi connectivity index (χ1n) is 8.41. The Kier molecular flexibility index (Phi) is 4.43. The molecule has 2 aromatic carbocycles. The Labute approximate surface area is 151 Å². The van der Waals surface area contributed by atoms with Gasteiger partial charge in [0.25, 0.3) is 0 Å². The molecule has 0 aliphatic carbocycles. The second-order valence-electron chi connectivity index (χ2n) is 5.95. The summed E-state index contributed by atoms with van der Waals surface area (Å²) in [6.07, 6.45) is 3.53. The van der Waals surface area contributed by atoms with E-state index in [1.54, 1.807) is 12.4 Å². The third kappa shape index (κ3) is 3.32. The smallest absolute Gasteiger partial charge is 0.175 e. The van der Waals surface area contributed by atoms with Crippen molar-refractivity contribution in [2.45, 2.75) is 13.5 Å². The number of rotatable bonds is 5. The van der Waals surface area contributed by atoms with E-state index in [0.717, 1.165) is 28.6 Å². The van der Waals surface area contributed by atoms with E-state index in [4.69, 9.17) is 4.74 Å². The number of aromatic nitrogens is 4. The van der Waals surface area contributed by atoms with Crippen molar-refractivity contribution in [1.82, 2.24) is 19.7 Å². The molecule has 4 aromatic rings. The summed E-state index contributed by atoms with van der Waals surface area (Å²) in [5, 5.41) is 8.76. The molecule has 0 saturated carbocycles. The summed E-state index contributed by atoms with van der Waals surface area (Å²) in [6.45, 7) is 2.39. The molecule has 0 unspecified atom stereocenters. The quantitative estimate of drug-likeness (QED) is 0.545. The van der Waals surface area contributed by atoms with Crippen LogP contribution < -0.4 is 4.74 Å².